The highest BCUT2D eigenvalue weighted by atomic mass is 16.2. The Kier molecular flexibility index (Phi) is 2.89. The van der Waals surface area contributed by atoms with Gasteiger partial charge in [0, 0.05) is 13.6 Å². The molecule has 0 saturated carbocycles. The summed E-state index contributed by atoms with van der Waals surface area (Å²) in [7, 11) is 1.65. The van der Waals surface area contributed by atoms with Gasteiger partial charge < -0.3 is 16.0 Å². The van der Waals surface area contributed by atoms with Crippen LogP contribution in [0.25, 0.3) is 0 Å². The van der Waals surface area contributed by atoms with Gasteiger partial charge in [0.25, 0.3) is 0 Å². The minimum absolute atomic E-state index is 0.0242. The second kappa shape index (κ2) is 4.34. The van der Waals surface area contributed by atoms with E-state index in [0.29, 0.717) is 11.6 Å². The number of hydrogen-bond donors (Lipinski definition) is 2. The van der Waals surface area contributed by atoms with Crippen molar-refractivity contribution < 1.29 is 4.79 Å². The summed E-state index contributed by atoms with van der Waals surface area (Å²) in [5.74, 6) is 1.12. The summed E-state index contributed by atoms with van der Waals surface area (Å²) in [5.41, 5.74) is 5.47. The van der Waals surface area contributed by atoms with E-state index >= 15 is 0 Å². The topological polar surface area (TPSA) is 84.1 Å². The molecule has 1 amide bonds. The van der Waals surface area contributed by atoms with Crippen LogP contribution in [0.3, 0.4) is 0 Å². The lowest BCUT2D eigenvalue weighted by molar-refractivity contribution is -0.121. The Balaban J connectivity index is 2.19. The maximum atomic E-state index is 11.6. The number of carbonyl (C=O) groups is 1. The van der Waals surface area contributed by atoms with Crippen molar-refractivity contribution in [3.8, 4) is 0 Å². The van der Waals surface area contributed by atoms with Crippen molar-refractivity contribution >= 4 is 17.5 Å². The first-order chi connectivity index (χ1) is 7.72. The molecule has 1 atom stereocenters. The molecule has 1 aromatic rings. The molecular weight excluding hydrogens is 206 g/mol. The fourth-order valence-corrected chi connectivity index (χ4v) is 1.97. The van der Waals surface area contributed by atoms with Gasteiger partial charge in [0.1, 0.15) is 11.9 Å². The number of carbonyl (C=O) groups excluding carboxylic acids is 1. The molecule has 1 aliphatic heterocycles. The predicted octanol–water partition coefficient (Wildman–Crippen LogP) is -0.226. The highest BCUT2D eigenvalue weighted by Crippen LogP contribution is 2.23. The maximum Gasteiger partial charge on any atom is 0.242 e. The average Bonchev–Trinajstić information content (AvgIpc) is 2.78. The van der Waals surface area contributed by atoms with Crippen LogP contribution in [0.1, 0.15) is 12.8 Å². The highest BCUT2D eigenvalue weighted by molar-refractivity contribution is 5.85. The Labute approximate surface area is 93.8 Å². The summed E-state index contributed by atoms with van der Waals surface area (Å²) in [6.45, 7) is 0.830. The number of hydrogen-bond acceptors (Lipinski definition) is 5. The van der Waals surface area contributed by atoms with Crippen molar-refractivity contribution in [2.24, 2.45) is 0 Å². The fraction of sp³-hybridized carbons (Fsp3) is 0.500. The second-order valence-electron chi connectivity index (χ2n) is 3.78. The molecule has 1 aliphatic rings. The van der Waals surface area contributed by atoms with E-state index in [1.54, 1.807) is 19.2 Å². The summed E-state index contributed by atoms with van der Waals surface area (Å²) in [6, 6.07) is 3.36. The van der Waals surface area contributed by atoms with E-state index in [-0.39, 0.29) is 11.9 Å². The summed E-state index contributed by atoms with van der Waals surface area (Å²) in [4.78, 5) is 13.6. The van der Waals surface area contributed by atoms with Crippen molar-refractivity contribution in [3.63, 3.8) is 0 Å². The van der Waals surface area contributed by atoms with Crippen LogP contribution in [0.15, 0.2) is 12.1 Å². The fourth-order valence-electron chi connectivity index (χ4n) is 1.97. The van der Waals surface area contributed by atoms with Gasteiger partial charge in [0.2, 0.25) is 5.91 Å². The smallest absolute Gasteiger partial charge is 0.242 e. The number of amides is 1. The normalized spacial score (nSPS) is 19.8. The predicted molar refractivity (Wildman–Crippen MR) is 60.9 cm³/mol. The number of nitrogens with two attached hydrogens (primary N) is 1. The second-order valence-corrected chi connectivity index (χ2v) is 3.78. The molecule has 2 rings (SSSR count). The van der Waals surface area contributed by atoms with Crippen molar-refractivity contribution in [3.05, 3.63) is 12.1 Å². The zero-order valence-electron chi connectivity index (χ0n) is 9.18. The summed E-state index contributed by atoms with van der Waals surface area (Å²) < 4.78 is 0. The maximum absolute atomic E-state index is 11.6. The Morgan fingerprint density at radius 3 is 3.00 bits per heavy atom. The van der Waals surface area contributed by atoms with E-state index in [4.69, 9.17) is 5.73 Å². The van der Waals surface area contributed by atoms with E-state index in [0.717, 1.165) is 19.4 Å². The molecule has 1 fully saturated rings. The summed E-state index contributed by atoms with van der Waals surface area (Å²) in [5, 5.41) is 10.5. The number of nitrogen functional groups attached to an aromatic ring is 1. The van der Waals surface area contributed by atoms with Crippen LogP contribution in [0.2, 0.25) is 0 Å². The number of nitrogens with one attached hydrogen (secondary N) is 1. The first kappa shape index (κ1) is 10.7. The summed E-state index contributed by atoms with van der Waals surface area (Å²) in [6.07, 6.45) is 1.84. The SMILES string of the molecule is CNC(=O)C1CCCN1c1ccc(N)nn1. The minimum Gasteiger partial charge on any atom is -0.382 e. The Morgan fingerprint density at radius 2 is 2.38 bits per heavy atom. The van der Waals surface area contributed by atoms with E-state index < -0.39 is 0 Å². The molecule has 1 saturated heterocycles. The van der Waals surface area contributed by atoms with Crippen LogP contribution >= 0.6 is 0 Å². The monoisotopic (exact) mass is 221 g/mol. The zero-order chi connectivity index (χ0) is 11.5. The van der Waals surface area contributed by atoms with Crippen molar-refractivity contribution in [2.75, 3.05) is 24.2 Å². The zero-order valence-corrected chi connectivity index (χ0v) is 9.18. The quantitative estimate of drug-likeness (QED) is 0.721. The molecular formula is C10H15N5O. The molecule has 2 heterocycles. The van der Waals surface area contributed by atoms with Gasteiger partial charge in [0.05, 0.1) is 0 Å². The third kappa shape index (κ3) is 1.91. The van der Waals surface area contributed by atoms with Crippen LogP contribution in [0.5, 0.6) is 0 Å². The Bertz CT molecular complexity index is 377. The lowest BCUT2D eigenvalue weighted by atomic mass is 10.2. The van der Waals surface area contributed by atoms with Gasteiger partial charge in [-0.2, -0.15) is 0 Å². The molecule has 6 nitrogen and oxygen atoms in total. The number of aromatic nitrogens is 2. The van der Waals surface area contributed by atoms with E-state index in [2.05, 4.69) is 15.5 Å². The van der Waals surface area contributed by atoms with Crippen LogP contribution in [-0.2, 0) is 4.79 Å². The molecule has 0 aliphatic carbocycles. The van der Waals surface area contributed by atoms with Crippen LogP contribution in [0.4, 0.5) is 11.6 Å². The van der Waals surface area contributed by atoms with Gasteiger partial charge in [-0.15, -0.1) is 10.2 Å². The molecule has 0 spiro atoms. The number of rotatable bonds is 2. The van der Waals surface area contributed by atoms with Gasteiger partial charge in [-0.25, -0.2) is 0 Å². The molecule has 0 bridgehead atoms. The van der Waals surface area contributed by atoms with Gasteiger partial charge in [-0.05, 0) is 25.0 Å². The largest absolute Gasteiger partial charge is 0.382 e. The van der Waals surface area contributed by atoms with Crippen LogP contribution in [0, 0.1) is 0 Å². The lowest BCUT2D eigenvalue weighted by Gasteiger charge is -2.23. The third-order valence-corrected chi connectivity index (χ3v) is 2.77. The van der Waals surface area contributed by atoms with E-state index in [1.807, 2.05) is 4.90 Å². The molecule has 0 aromatic carbocycles. The highest BCUT2D eigenvalue weighted by Gasteiger charge is 2.30. The van der Waals surface area contributed by atoms with E-state index in [1.165, 1.54) is 0 Å². The standard InChI is InChI=1S/C10H15N5O/c1-12-10(16)7-3-2-6-15(7)9-5-4-8(11)13-14-9/h4-5,7H,2-3,6H2,1H3,(H2,11,13)(H,12,16). The van der Waals surface area contributed by atoms with Gasteiger partial charge in [-0.3, -0.25) is 4.79 Å². The minimum atomic E-state index is -0.136. The van der Waals surface area contributed by atoms with Crippen molar-refractivity contribution in [2.45, 2.75) is 18.9 Å². The molecule has 6 heteroatoms. The Morgan fingerprint density at radius 1 is 1.56 bits per heavy atom. The number of likely N-dealkylation sites (N-methyl/N-ethyl adjacent to an activating group) is 1. The van der Waals surface area contributed by atoms with Crippen LogP contribution < -0.4 is 16.0 Å². The molecule has 3 N–H and O–H groups in total. The number of anilines is 2. The van der Waals surface area contributed by atoms with Gasteiger partial charge in [0.15, 0.2) is 5.82 Å². The van der Waals surface area contributed by atoms with Crippen molar-refractivity contribution in [1.82, 2.24) is 15.5 Å². The van der Waals surface area contributed by atoms with Crippen molar-refractivity contribution in [1.29, 1.82) is 0 Å². The molecule has 86 valence electrons. The first-order valence-electron chi connectivity index (χ1n) is 5.30. The van der Waals surface area contributed by atoms with Gasteiger partial charge in [-0.1, -0.05) is 0 Å². The number of nitrogens with zero attached hydrogens (tertiary/aromatic N) is 3. The molecule has 1 unspecified atom stereocenters. The summed E-state index contributed by atoms with van der Waals surface area (Å²) >= 11 is 0. The third-order valence-electron chi connectivity index (χ3n) is 2.77. The van der Waals surface area contributed by atoms with Crippen LogP contribution in [-0.4, -0.2) is 35.7 Å². The first-order valence-corrected chi connectivity index (χ1v) is 5.30. The lowest BCUT2D eigenvalue weighted by Crippen LogP contribution is -2.42. The molecule has 16 heavy (non-hydrogen) atoms. The Hall–Kier alpha value is -1.85. The molecule has 0 radical (unpaired) electrons. The average molecular weight is 221 g/mol. The molecule has 1 aromatic heterocycles. The van der Waals surface area contributed by atoms with Gasteiger partial charge >= 0.3 is 0 Å². The van der Waals surface area contributed by atoms with E-state index in [9.17, 15) is 4.79 Å².